The highest BCUT2D eigenvalue weighted by Crippen LogP contribution is 2.57. The summed E-state index contributed by atoms with van der Waals surface area (Å²) in [5.74, 6) is 0.537. The highest BCUT2D eigenvalue weighted by molar-refractivity contribution is 5.36. The smallest absolute Gasteiger partial charge is 0.0227 e. The van der Waals surface area contributed by atoms with Crippen molar-refractivity contribution in [3.8, 4) is 0 Å². The van der Waals surface area contributed by atoms with Gasteiger partial charge >= 0.3 is 0 Å². The fraction of sp³-hybridized carbons (Fsp3) is 0.571. The SMILES string of the molecule is CN(C)Cc1cccc(C2C(N)C2(C)C)c1. The van der Waals surface area contributed by atoms with Gasteiger partial charge in [0.25, 0.3) is 0 Å². The molecule has 1 aromatic carbocycles. The Balaban J connectivity index is 2.18. The van der Waals surface area contributed by atoms with Gasteiger partial charge in [-0.2, -0.15) is 0 Å². The quantitative estimate of drug-likeness (QED) is 0.842. The standard InChI is InChI=1S/C14H22N2/c1-14(2)12(13(14)15)11-7-5-6-10(8-11)9-16(3)4/h5-8,12-13H,9,15H2,1-4H3. The molecule has 88 valence electrons. The van der Waals surface area contributed by atoms with Gasteiger partial charge in [-0.25, -0.2) is 0 Å². The Labute approximate surface area is 98.4 Å². The summed E-state index contributed by atoms with van der Waals surface area (Å²) in [5, 5.41) is 0. The molecule has 1 aromatic rings. The van der Waals surface area contributed by atoms with E-state index in [-0.39, 0.29) is 5.41 Å². The molecule has 0 heterocycles. The lowest BCUT2D eigenvalue weighted by atomic mass is 10.0. The Kier molecular flexibility index (Phi) is 2.81. The maximum atomic E-state index is 6.12. The van der Waals surface area contributed by atoms with Gasteiger partial charge in [0.05, 0.1) is 0 Å². The third-order valence-electron chi connectivity index (χ3n) is 3.72. The Morgan fingerprint density at radius 1 is 1.31 bits per heavy atom. The largest absolute Gasteiger partial charge is 0.327 e. The Bertz CT molecular complexity index is 382. The molecule has 1 aliphatic carbocycles. The first-order chi connectivity index (χ1) is 7.43. The van der Waals surface area contributed by atoms with Crippen molar-refractivity contribution in [1.82, 2.24) is 4.90 Å². The maximum absolute atomic E-state index is 6.12. The van der Waals surface area contributed by atoms with E-state index in [1.165, 1.54) is 11.1 Å². The summed E-state index contributed by atoms with van der Waals surface area (Å²) in [5.41, 5.74) is 9.16. The first-order valence-corrected chi connectivity index (χ1v) is 5.92. The van der Waals surface area contributed by atoms with Gasteiger partial charge in [-0.15, -0.1) is 0 Å². The molecule has 2 rings (SSSR count). The molecule has 0 aromatic heterocycles. The lowest BCUT2D eigenvalue weighted by molar-refractivity contribution is 0.402. The van der Waals surface area contributed by atoms with E-state index in [0.29, 0.717) is 12.0 Å². The van der Waals surface area contributed by atoms with Crippen LogP contribution in [0.15, 0.2) is 24.3 Å². The number of benzene rings is 1. The molecular formula is C14H22N2. The van der Waals surface area contributed by atoms with Crippen molar-refractivity contribution < 1.29 is 0 Å². The van der Waals surface area contributed by atoms with E-state index in [2.05, 4.69) is 57.1 Å². The zero-order valence-electron chi connectivity index (χ0n) is 10.7. The van der Waals surface area contributed by atoms with Crippen LogP contribution >= 0.6 is 0 Å². The second kappa shape index (κ2) is 3.86. The van der Waals surface area contributed by atoms with Crippen molar-refractivity contribution in [3.05, 3.63) is 35.4 Å². The average Bonchev–Trinajstić information content (AvgIpc) is 2.65. The van der Waals surface area contributed by atoms with Crippen LogP contribution in [0.4, 0.5) is 0 Å². The van der Waals surface area contributed by atoms with Crippen molar-refractivity contribution in [2.45, 2.75) is 32.4 Å². The fourth-order valence-corrected chi connectivity index (χ4v) is 2.56. The molecule has 0 spiro atoms. The van der Waals surface area contributed by atoms with Crippen molar-refractivity contribution in [2.75, 3.05) is 14.1 Å². The lowest BCUT2D eigenvalue weighted by Crippen LogP contribution is -2.10. The van der Waals surface area contributed by atoms with Crippen LogP contribution in [0, 0.1) is 5.41 Å². The molecule has 2 heteroatoms. The summed E-state index contributed by atoms with van der Waals surface area (Å²) >= 11 is 0. The minimum Gasteiger partial charge on any atom is -0.327 e. The minimum absolute atomic E-state index is 0.275. The van der Waals surface area contributed by atoms with Gasteiger partial charge in [0.1, 0.15) is 0 Å². The van der Waals surface area contributed by atoms with Crippen LogP contribution in [0.3, 0.4) is 0 Å². The van der Waals surface area contributed by atoms with Crippen molar-refractivity contribution in [1.29, 1.82) is 0 Å². The minimum atomic E-state index is 0.275. The maximum Gasteiger partial charge on any atom is 0.0227 e. The molecule has 1 fully saturated rings. The molecule has 1 saturated carbocycles. The predicted octanol–water partition coefficient (Wildman–Crippen LogP) is 2.20. The van der Waals surface area contributed by atoms with Crippen molar-refractivity contribution in [3.63, 3.8) is 0 Å². The average molecular weight is 218 g/mol. The number of hydrogen-bond acceptors (Lipinski definition) is 2. The molecule has 0 saturated heterocycles. The molecule has 0 aliphatic heterocycles. The van der Waals surface area contributed by atoms with E-state index >= 15 is 0 Å². The molecule has 16 heavy (non-hydrogen) atoms. The van der Waals surface area contributed by atoms with Gasteiger partial charge in [-0.3, -0.25) is 0 Å². The molecule has 2 atom stereocenters. The Hall–Kier alpha value is -0.860. The van der Waals surface area contributed by atoms with E-state index in [0.717, 1.165) is 6.54 Å². The van der Waals surface area contributed by atoms with E-state index in [1.54, 1.807) is 0 Å². The lowest BCUT2D eigenvalue weighted by Gasteiger charge is -2.11. The van der Waals surface area contributed by atoms with Gasteiger partial charge in [-0.05, 0) is 30.6 Å². The molecule has 2 N–H and O–H groups in total. The van der Waals surface area contributed by atoms with E-state index in [4.69, 9.17) is 5.73 Å². The molecule has 2 nitrogen and oxygen atoms in total. The third kappa shape index (κ3) is 2.00. The van der Waals surface area contributed by atoms with Crippen LogP contribution in [0.1, 0.15) is 30.9 Å². The summed E-state index contributed by atoms with van der Waals surface area (Å²) < 4.78 is 0. The zero-order chi connectivity index (χ0) is 11.9. The van der Waals surface area contributed by atoms with Gasteiger partial charge in [0, 0.05) is 18.5 Å². The highest BCUT2D eigenvalue weighted by atomic mass is 15.0. The predicted molar refractivity (Wildman–Crippen MR) is 68.3 cm³/mol. The molecule has 1 aliphatic rings. The van der Waals surface area contributed by atoms with Gasteiger partial charge < -0.3 is 10.6 Å². The molecular weight excluding hydrogens is 196 g/mol. The van der Waals surface area contributed by atoms with E-state index in [1.807, 2.05) is 0 Å². The summed E-state index contributed by atoms with van der Waals surface area (Å²) in [7, 11) is 4.19. The van der Waals surface area contributed by atoms with Crippen LogP contribution < -0.4 is 5.73 Å². The highest BCUT2D eigenvalue weighted by Gasteiger charge is 2.55. The first-order valence-electron chi connectivity index (χ1n) is 5.92. The van der Waals surface area contributed by atoms with Crippen LogP contribution in [0.25, 0.3) is 0 Å². The van der Waals surface area contributed by atoms with Gasteiger partial charge in [0.2, 0.25) is 0 Å². The van der Waals surface area contributed by atoms with E-state index < -0.39 is 0 Å². The van der Waals surface area contributed by atoms with Crippen LogP contribution in [0.2, 0.25) is 0 Å². The molecule has 2 unspecified atom stereocenters. The first kappa shape index (κ1) is 11.6. The topological polar surface area (TPSA) is 29.3 Å². The Morgan fingerprint density at radius 2 is 1.94 bits per heavy atom. The van der Waals surface area contributed by atoms with Gasteiger partial charge in [-0.1, -0.05) is 38.1 Å². The summed E-state index contributed by atoms with van der Waals surface area (Å²) in [4.78, 5) is 2.19. The molecule has 0 bridgehead atoms. The summed E-state index contributed by atoms with van der Waals surface area (Å²) in [6.45, 7) is 5.50. The number of nitrogens with zero attached hydrogens (tertiary/aromatic N) is 1. The van der Waals surface area contributed by atoms with Gasteiger partial charge in [0.15, 0.2) is 0 Å². The summed E-state index contributed by atoms with van der Waals surface area (Å²) in [6.07, 6.45) is 0. The molecule has 0 amide bonds. The van der Waals surface area contributed by atoms with Crippen LogP contribution in [-0.4, -0.2) is 25.0 Å². The van der Waals surface area contributed by atoms with Crippen LogP contribution in [0.5, 0.6) is 0 Å². The number of nitrogens with two attached hydrogens (primary N) is 1. The second-order valence-corrected chi connectivity index (χ2v) is 5.81. The molecule has 0 radical (unpaired) electrons. The number of rotatable bonds is 3. The Morgan fingerprint density at radius 3 is 2.44 bits per heavy atom. The summed E-state index contributed by atoms with van der Waals surface area (Å²) in [6, 6.07) is 9.17. The second-order valence-electron chi connectivity index (χ2n) is 5.81. The normalized spacial score (nSPS) is 27.1. The van der Waals surface area contributed by atoms with Crippen molar-refractivity contribution >= 4 is 0 Å². The van der Waals surface area contributed by atoms with E-state index in [9.17, 15) is 0 Å². The number of hydrogen-bond donors (Lipinski definition) is 1. The fourth-order valence-electron chi connectivity index (χ4n) is 2.56. The zero-order valence-corrected chi connectivity index (χ0v) is 10.7. The monoisotopic (exact) mass is 218 g/mol. The third-order valence-corrected chi connectivity index (χ3v) is 3.72. The van der Waals surface area contributed by atoms with Crippen LogP contribution in [-0.2, 0) is 6.54 Å². The van der Waals surface area contributed by atoms with Crippen molar-refractivity contribution in [2.24, 2.45) is 11.1 Å².